The number of aryl methyl sites for hydroxylation is 1. The van der Waals surface area contributed by atoms with Crippen LogP contribution in [0.4, 0.5) is 0 Å². The van der Waals surface area contributed by atoms with Crippen molar-refractivity contribution in [1.82, 2.24) is 4.73 Å². The van der Waals surface area contributed by atoms with Crippen molar-refractivity contribution in [3.63, 3.8) is 0 Å². The molecule has 0 saturated heterocycles. The lowest BCUT2D eigenvalue weighted by molar-refractivity contribution is 0.168. The first-order valence-electron chi connectivity index (χ1n) is 2.52. The van der Waals surface area contributed by atoms with E-state index in [9.17, 15) is 0 Å². The third kappa shape index (κ3) is 0.832. The van der Waals surface area contributed by atoms with E-state index in [-0.39, 0.29) is 0 Å². The fraction of sp³-hybridized carbons (Fsp3) is 0.333. The minimum absolute atomic E-state index is 1.21. The average molecular weight is 111 g/mol. The van der Waals surface area contributed by atoms with Crippen LogP contribution in [0.15, 0.2) is 18.5 Å². The largest absolute Gasteiger partial charge is 0.418 e. The summed E-state index contributed by atoms with van der Waals surface area (Å²) in [5.74, 6) is 0. The molecule has 0 atom stereocenters. The lowest BCUT2D eigenvalue weighted by Gasteiger charge is -1.94. The summed E-state index contributed by atoms with van der Waals surface area (Å²) in [5, 5.41) is 0. The van der Waals surface area contributed by atoms with E-state index in [0.717, 1.165) is 0 Å². The van der Waals surface area contributed by atoms with Gasteiger partial charge < -0.3 is 4.84 Å². The van der Waals surface area contributed by atoms with Gasteiger partial charge in [-0.1, -0.05) is 0 Å². The standard InChI is InChI=1S/C6H9NO/c1-6-3-4-7(5-6)8-2/h3-5H,1-2H3. The lowest BCUT2D eigenvalue weighted by Crippen LogP contribution is -2.00. The van der Waals surface area contributed by atoms with Crippen molar-refractivity contribution < 1.29 is 4.84 Å². The summed E-state index contributed by atoms with van der Waals surface area (Å²) in [6.07, 6.45) is 3.79. The topological polar surface area (TPSA) is 14.2 Å². The third-order valence-corrected chi connectivity index (χ3v) is 1.03. The Kier molecular flexibility index (Phi) is 1.24. The molecule has 8 heavy (non-hydrogen) atoms. The predicted octanol–water partition coefficient (Wildman–Crippen LogP) is 0.855. The second-order valence-corrected chi connectivity index (χ2v) is 1.73. The molecule has 0 aliphatic heterocycles. The summed E-state index contributed by atoms with van der Waals surface area (Å²) in [5.41, 5.74) is 1.21. The molecule has 2 nitrogen and oxygen atoms in total. The van der Waals surface area contributed by atoms with Crippen LogP contribution in [0.1, 0.15) is 5.56 Å². The molecule has 0 N–H and O–H groups in total. The Balaban J connectivity index is 2.84. The summed E-state index contributed by atoms with van der Waals surface area (Å²) < 4.78 is 1.66. The molecular weight excluding hydrogens is 102 g/mol. The van der Waals surface area contributed by atoms with Gasteiger partial charge in [-0.15, -0.1) is 0 Å². The van der Waals surface area contributed by atoms with Crippen molar-refractivity contribution in [1.29, 1.82) is 0 Å². The molecule has 1 aromatic rings. The van der Waals surface area contributed by atoms with E-state index in [1.807, 2.05) is 25.4 Å². The maximum Gasteiger partial charge on any atom is 0.104 e. The molecule has 1 heterocycles. The Morgan fingerprint density at radius 3 is 2.62 bits per heavy atom. The highest BCUT2D eigenvalue weighted by atomic mass is 16.6. The molecule has 2 heteroatoms. The van der Waals surface area contributed by atoms with Gasteiger partial charge in [-0.25, -0.2) is 0 Å². The fourth-order valence-corrected chi connectivity index (χ4v) is 0.591. The second-order valence-electron chi connectivity index (χ2n) is 1.73. The van der Waals surface area contributed by atoms with Gasteiger partial charge in [0.05, 0.1) is 0 Å². The van der Waals surface area contributed by atoms with Crippen LogP contribution < -0.4 is 4.84 Å². The molecule has 0 unspecified atom stereocenters. The van der Waals surface area contributed by atoms with Gasteiger partial charge in [0.1, 0.15) is 7.11 Å². The smallest absolute Gasteiger partial charge is 0.104 e. The maximum atomic E-state index is 4.85. The van der Waals surface area contributed by atoms with Crippen LogP contribution in [0.5, 0.6) is 0 Å². The highest BCUT2D eigenvalue weighted by molar-refractivity contribution is 5.05. The molecule has 1 aromatic heterocycles. The molecule has 0 saturated carbocycles. The van der Waals surface area contributed by atoms with Crippen LogP contribution in [-0.4, -0.2) is 11.8 Å². The van der Waals surface area contributed by atoms with Crippen LogP contribution in [-0.2, 0) is 0 Å². The third-order valence-electron chi connectivity index (χ3n) is 1.03. The van der Waals surface area contributed by atoms with Crippen LogP contribution in [0.3, 0.4) is 0 Å². The van der Waals surface area contributed by atoms with Crippen molar-refractivity contribution in [2.75, 3.05) is 7.11 Å². The van der Waals surface area contributed by atoms with Gasteiger partial charge in [0, 0.05) is 12.4 Å². The summed E-state index contributed by atoms with van der Waals surface area (Å²) in [4.78, 5) is 4.85. The van der Waals surface area contributed by atoms with Gasteiger partial charge in [-0.2, -0.15) is 4.73 Å². The molecule has 44 valence electrons. The average Bonchev–Trinajstić information content (AvgIpc) is 2.14. The Bertz CT molecular complexity index is 169. The molecular formula is C6H9NO. The summed E-state index contributed by atoms with van der Waals surface area (Å²) >= 11 is 0. The molecule has 0 aliphatic rings. The summed E-state index contributed by atoms with van der Waals surface area (Å²) in [6.45, 7) is 2.02. The SMILES string of the molecule is COn1ccc(C)c1. The summed E-state index contributed by atoms with van der Waals surface area (Å²) in [6, 6.07) is 1.99. The molecule has 0 amide bonds. The first kappa shape index (κ1) is 5.22. The molecule has 0 bridgehead atoms. The van der Waals surface area contributed by atoms with Crippen molar-refractivity contribution in [2.45, 2.75) is 6.92 Å². The van der Waals surface area contributed by atoms with Gasteiger partial charge in [-0.05, 0) is 18.6 Å². The Morgan fingerprint density at radius 2 is 2.38 bits per heavy atom. The van der Waals surface area contributed by atoms with E-state index in [0.29, 0.717) is 0 Å². The Hall–Kier alpha value is -0.920. The lowest BCUT2D eigenvalue weighted by atomic mass is 10.4. The van der Waals surface area contributed by atoms with Crippen LogP contribution in [0, 0.1) is 6.92 Å². The number of rotatable bonds is 1. The fourth-order valence-electron chi connectivity index (χ4n) is 0.591. The molecule has 0 aromatic carbocycles. The molecule has 0 spiro atoms. The first-order valence-corrected chi connectivity index (χ1v) is 2.52. The van der Waals surface area contributed by atoms with E-state index >= 15 is 0 Å². The van der Waals surface area contributed by atoms with Crippen LogP contribution in [0.25, 0.3) is 0 Å². The predicted molar refractivity (Wildman–Crippen MR) is 31.7 cm³/mol. The zero-order chi connectivity index (χ0) is 5.98. The Labute approximate surface area is 48.6 Å². The number of hydrogen-bond donors (Lipinski definition) is 0. The van der Waals surface area contributed by atoms with Crippen LogP contribution in [0.2, 0.25) is 0 Å². The number of aromatic nitrogens is 1. The first-order chi connectivity index (χ1) is 3.83. The van der Waals surface area contributed by atoms with Gasteiger partial charge in [0.25, 0.3) is 0 Å². The minimum atomic E-state index is 1.21. The van der Waals surface area contributed by atoms with Crippen molar-refractivity contribution in [3.8, 4) is 0 Å². The number of hydrogen-bond acceptors (Lipinski definition) is 1. The molecule has 0 aliphatic carbocycles. The van der Waals surface area contributed by atoms with Gasteiger partial charge in [0.2, 0.25) is 0 Å². The number of nitrogens with zero attached hydrogens (tertiary/aromatic N) is 1. The monoisotopic (exact) mass is 111 g/mol. The molecule has 0 radical (unpaired) electrons. The zero-order valence-corrected chi connectivity index (χ0v) is 5.09. The highest BCUT2D eigenvalue weighted by Crippen LogP contribution is 1.94. The van der Waals surface area contributed by atoms with Crippen LogP contribution >= 0.6 is 0 Å². The van der Waals surface area contributed by atoms with Crippen molar-refractivity contribution >= 4 is 0 Å². The van der Waals surface area contributed by atoms with Gasteiger partial charge in [-0.3, -0.25) is 0 Å². The normalized spacial score (nSPS) is 9.25. The quantitative estimate of drug-likeness (QED) is 0.524. The van der Waals surface area contributed by atoms with E-state index < -0.39 is 0 Å². The van der Waals surface area contributed by atoms with Gasteiger partial charge in [0.15, 0.2) is 0 Å². The minimum Gasteiger partial charge on any atom is -0.418 e. The van der Waals surface area contributed by atoms with E-state index in [4.69, 9.17) is 4.84 Å². The second kappa shape index (κ2) is 1.90. The van der Waals surface area contributed by atoms with E-state index in [1.54, 1.807) is 11.8 Å². The molecule has 0 fully saturated rings. The van der Waals surface area contributed by atoms with Crippen molar-refractivity contribution in [3.05, 3.63) is 24.0 Å². The Morgan fingerprint density at radius 1 is 1.62 bits per heavy atom. The van der Waals surface area contributed by atoms with Gasteiger partial charge >= 0.3 is 0 Å². The highest BCUT2D eigenvalue weighted by Gasteiger charge is 1.85. The maximum absolute atomic E-state index is 4.85. The van der Waals surface area contributed by atoms with E-state index in [1.165, 1.54) is 5.56 Å². The van der Waals surface area contributed by atoms with E-state index in [2.05, 4.69) is 0 Å². The van der Waals surface area contributed by atoms with Crippen molar-refractivity contribution in [2.24, 2.45) is 0 Å². The zero-order valence-electron chi connectivity index (χ0n) is 5.09. The molecule has 1 rings (SSSR count). The summed E-state index contributed by atoms with van der Waals surface area (Å²) in [7, 11) is 1.64.